The van der Waals surface area contributed by atoms with E-state index in [2.05, 4.69) is 26.8 Å². The van der Waals surface area contributed by atoms with Crippen molar-refractivity contribution in [3.63, 3.8) is 0 Å². The molecule has 4 rings (SSSR count). The average molecular weight is 351 g/mol. The molecule has 0 spiro atoms. The third-order valence-corrected chi connectivity index (χ3v) is 4.63. The van der Waals surface area contributed by atoms with E-state index >= 15 is 0 Å². The topological polar surface area (TPSA) is 70.1 Å². The van der Waals surface area contributed by atoms with E-state index < -0.39 is 0 Å². The molecule has 0 radical (unpaired) electrons. The molecule has 0 unspecified atom stereocenters. The lowest BCUT2D eigenvalue weighted by Crippen LogP contribution is -2.20. The molecule has 1 aliphatic rings. The number of carbonyl (C=O) groups is 1. The van der Waals surface area contributed by atoms with E-state index in [0.29, 0.717) is 10.7 Å². The highest BCUT2D eigenvalue weighted by molar-refractivity contribution is 6.33. The van der Waals surface area contributed by atoms with Gasteiger partial charge in [-0.25, -0.2) is 5.43 Å². The third kappa shape index (κ3) is 2.94. The van der Waals surface area contributed by atoms with Gasteiger partial charge in [0.25, 0.3) is 5.91 Å². The molecule has 1 aliphatic carbocycles. The van der Waals surface area contributed by atoms with Gasteiger partial charge in [-0.2, -0.15) is 10.2 Å². The highest BCUT2D eigenvalue weighted by atomic mass is 35.5. The molecule has 0 saturated carbocycles. The number of hydrogen-bond acceptors (Lipinski definition) is 3. The average Bonchev–Trinajstić information content (AvgIpc) is 3.08. The quantitative estimate of drug-likeness (QED) is 0.559. The number of aryl methyl sites for hydroxylation is 1. The summed E-state index contributed by atoms with van der Waals surface area (Å²) in [5.41, 5.74) is 7.86. The van der Waals surface area contributed by atoms with Crippen molar-refractivity contribution in [1.82, 2.24) is 15.6 Å². The Morgan fingerprint density at radius 3 is 2.84 bits per heavy atom. The Morgan fingerprint density at radius 1 is 1.16 bits per heavy atom. The van der Waals surface area contributed by atoms with Crippen molar-refractivity contribution < 1.29 is 4.79 Å². The number of benzene rings is 2. The van der Waals surface area contributed by atoms with Crippen molar-refractivity contribution in [2.45, 2.75) is 12.8 Å². The summed E-state index contributed by atoms with van der Waals surface area (Å²) < 4.78 is 0. The largest absolute Gasteiger partial charge is 0.289 e. The molecule has 124 valence electrons. The van der Waals surface area contributed by atoms with Crippen LogP contribution in [0.5, 0.6) is 0 Å². The smallest absolute Gasteiger partial charge is 0.272 e. The highest BCUT2D eigenvalue weighted by Gasteiger charge is 2.24. The van der Waals surface area contributed by atoms with Crippen LogP contribution in [0.25, 0.3) is 11.3 Å². The number of halogens is 1. The van der Waals surface area contributed by atoms with Crippen LogP contribution in [0.15, 0.2) is 53.6 Å². The van der Waals surface area contributed by atoms with Gasteiger partial charge < -0.3 is 0 Å². The first-order valence-corrected chi connectivity index (χ1v) is 8.35. The fourth-order valence-corrected chi connectivity index (χ4v) is 3.23. The number of amides is 1. The van der Waals surface area contributed by atoms with E-state index in [4.69, 9.17) is 11.6 Å². The fraction of sp³-hybridized carbons (Fsp3) is 0.105. The van der Waals surface area contributed by atoms with Crippen molar-refractivity contribution in [1.29, 1.82) is 0 Å². The van der Waals surface area contributed by atoms with Crippen molar-refractivity contribution in [3.8, 4) is 11.3 Å². The standard InChI is InChI=1S/C19H15ClN4O/c20-16-8-4-2-6-13(16)11-21-24-19(25)18-15-10-9-12-5-1-3-7-14(12)17(15)22-23-18/h1-8,11H,9-10H2,(H,22,23)(H,24,25). The van der Waals surface area contributed by atoms with Crippen LogP contribution in [0, 0.1) is 0 Å². The van der Waals surface area contributed by atoms with Crippen LogP contribution >= 0.6 is 11.6 Å². The molecule has 1 aromatic heterocycles. The Labute approximate surface area is 149 Å². The number of nitrogens with zero attached hydrogens (tertiary/aromatic N) is 2. The second kappa shape index (κ2) is 6.53. The van der Waals surface area contributed by atoms with E-state index in [1.54, 1.807) is 6.07 Å². The molecule has 6 heteroatoms. The fourth-order valence-electron chi connectivity index (χ4n) is 3.04. The summed E-state index contributed by atoms with van der Waals surface area (Å²) in [6.07, 6.45) is 3.20. The Bertz CT molecular complexity index is 977. The zero-order valence-electron chi connectivity index (χ0n) is 13.3. The van der Waals surface area contributed by atoms with Crippen LogP contribution in [0.3, 0.4) is 0 Å². The number of hydrazone groups is 1. The van der Waals surface area contributed by atoms with Crippen LogP contribution < -0.4 is 5.43 Å². The first-order chi connectivity index (χ1) is 12.2. The minimum absolute atomic E-state index is 0.309. The number of aromatic nitrogens is 2. The lowest BCUT2D eigenvalue weighted by atomic mass is 9.89. The summed E-state index contributed by atoms with van der Waals surface area (Å²) in [5.74, 6) is -0.309. The van der Waals surface area contributed by atoms with Gasteiger partial charge in [0.05, 0.1) is 11.9 Å². The number of rotatable bonds is 3. The first kappa shape index (κ1) is 15.6. The van der Waals surface area contributed by atoms with Crippen LogP contribution in [0.1, 0.15) is 27.2 Å². The van der Waals surface area contributed by atoms with Crippen molar-refractivity contribution in [3.05, 3.63) is 75.9 Å². The van der Waals surface area contributed by atoms with Gasteiger partial charge in [0.2, 0.25) is 0 Å². The third-order valence-electron chi connectivity index (χ3n) is 4.29. The molecular weight excluding hydrogens is 336 g/mol. The Morgan fingerprint density at radius 2 is 1.96 bits per heavy atom. The molecule has 0 atom stereocenters. The molecule has 25 heavy (non-hydrogen) atoms. The van der Waals surface area contributed by atoms with Crippen molar-refractivity contribution in [2.75, 3.05) is 0 Å². The van der Waals surface area contributed by atoms with E-state index in [-0.39, 0.29) is 5.91 Å². The van der Waals surface area contributed by atoms with E-state index in [9.17, 15) is 4.79 Å². The summed E-state index contributed by atoms with van der Waals surface area (Å²) in [4.78, 5) is 12.4. The minimum atomic E-state index is -0.309. The van der Waals surface area contributed by atoms with Crippen LogP contribution in [0.4, 0.5) is 0 Å². The monoisotopic (exact) mass is 350 g/mol. The maximum Gasteiger partial charge on any atom is 0.289 e. The van der Waals surface area contributed by atoms with E-state index in [1.165, 1.54) is 11.8 Å². The minimum Gasteiger partial charge on any atom is -0.272 e. The molecule has 3 aromatic rings. The Balaban J connectivity index is 1.55. The van der Waals surface area contributed by atoms with Gasteiger partial charge in [0.15, 0.2) is 0 Å². The maximum atomic E-state index is 12.4. The SMILES string of the molecule is O=C(NN=Cc1ccccc1Cl)c1[nH]nc2c1CCc1ccccc1-2. The maximum absolute atomic E-state index is 12.4. The highest BCUT2D eigenvalue weighted by Crippen LogP contribution is 2.33. The molecular formula is C19H15ClN4O. The van der Waals surface area contributed by atoms with E-state index in [1.807, 2.05) is 36.4 Å². The van der Waals surface area contributed by atoms with Crippen molar-refractivity contribution >= 4 is 23.7 Å². The van der Waals surface area contributed by atoms with Gasteiger partial charge in [-0.15, -0.1) is 0 Å². The number of aromatic amines is 1. The molecule has 1 amide bonds. The number of fused-ring (bicyclic) bond motifs is 3. The Hall–Kier alpha value is -2.92. The van der Waals surface area contributed by atoms with Crippen LogP contribution in [-0.4, -0.2) is 22.3 Å². The number of nitrogens with one attached hydrogen (secondary N) is 2. The zero-order chi connectivity index (χ0) is 17.2. The number of hydrogen-bond donors (Lipinski definition) is 2. The predicted octanol–water partition coefficient (Wildman–Crippen LogP) is 3.59. The first-order valence-electron chi connectivity index (χ1n) is 7.97. The van der Waals surface area contributed by atoms with Gasteiger partial charge in [-0.1, -0.05) is 54.1 Å². The molecule has 1 heterocycles. The van der Waals surface area contributed by atoms with Gasteiger partial charge in [0.1, 0.15) is 5.69 Å². The van der Waals surface area contributed by atoms with Gasteiger partial charge in [0, 0.05) is 21.7 Å². The van der Waals surface area contributed by atoms with Gasteiger partial charge >= 0.3 is 0 Å². The zero-order valence-corrected chi connectivity index (χ0v) is 14.0. The molecule has 0 bridgehead atoms. The molecule has 2 N–H and O–H groups in total. The summed E-state index contributed by atoms with van der Waals surface area (Å²) in [7, 11) is 0. The summed E-state index contributed by atoms with van der Waals surface area (Å²) >= 11 is 6.06. The summed E-state index contributed by atoms with van der Waals surface area (Å²) in [5, 5.41) is 11.8. The second-order valence-corrected chi connectivity index (χ2v) is 6.21. The van der Waals surface area contributed by atoms with Gasteiger partial charge in [-0.3, -0.25) is 9.89 Å². The summed E-state index contributed by atoms with van der Waals surface area (Å²) in [6, 6.07) is 15.4. The lowest BCUT2D eigenvalue weighted by Gasteiger charge is -2.15. The Kier molecular flexibility index (Phi) is 4.07. The van der Waals surface area contributed by atoms with Crippen molar-refractivity contribution in [2.24, 2.45) is 5.10 Å². The normalized spacial score (nSPS) is 12.7. The molecule has 0 saturated heterocycles. The predicted molar refractivity (Wildman–Crippen MR) is 97.9 cm³/mol. The molecule has 5 nitrogen and oxygen atoms in total. The summed E-state index contributed by atoms with van der Waals surface area (Å²) in [6.45, 7) is 0. The number of H-pyrrole nitrogens is 1. The number of carbonyl (C=O) groups excluding carboxylic acids is 1. The molecule has 0 aliphatic heterocycles. The molecule has 0 fully saturated rings. The van der Waals surface area contributed by atoms with Crippen LogP contribution in [0.2, 0.25) is 5.02 Å². The van der Waals surface area contributed by atoms with Gasteiger partial charge in [-0.05, 0) is 24.5 Å². The van der Waals surface area contributed by atoms with E-state index in [0.717, 1.165) is 35.2 Å². The van der Waals surface area contributed by atoms with Crippen LogP contribution in [-0.2, 0) is 12.8 Å². The second-order valence-electron chi connectivity index (χ2n) is 5.80. The lowest BCUT2D eigenvalue weighted by molar-refractivity contribution is 0.0949. The molecule has 2 aromatic carbocycles.